The highest BCUT2D eigenvalue weighted by Gasteiger charge is 2.33. The maximum atomic E-state index is 6.24. The molecule has 0 rings (SSSR count). The average Bonchev–Trinajstić information content (AvgIpc) is 1.82. The molecule has 0 amide bonds. The molecular weight excluding hydrogens is 194 g/mol. The van der Waals surface area contributed by atoms with E-state index < -0.39 is 16.8 Å². The molecule has 0 radical (unpaired) electrons. The molecule has 0 aliphatic carbocycles. The maximum Gasteiger partial charge on any atom is 0.254 e. The molecule has 4 heteroatoms. The zero-order chi connectivity index (χ0) is 10.7. The van der Waals surface area contributed by atoms with Gasteiger partial charge < -0.3 is 8.68 Å². The van der Waals surface area contributed by atoms with E-state index in [1.807, 2.05) is 0 Å². The van der Waals surface area contributed by atoms with Crippen molar-refractivity contribution in [3.63, 3.8) is 0 Å². The van der Waals surface area contributed by atoms with Crippen molar-refractivity contribution in [3.8, 4) is 0 Å². The molecule has 0 saturated heterocycles. The highest BCUT2D eigenvalue weighted by Crippen LogP contribution is 2.16. The second-order valence-electron chi connectivity index (χ2n) is 5.08. The monoisotopic (exact) mass is 219 g/mol. The standard InChI is InChI=1S/C9H25NOSi2/c1-8-9-10(2)13(6,7)11-12(3,4)5/h8-9H2,1-7H3. The summed E-state index contributed by atoms with van der Waals surface area (Å²) in [6, 6.07) is 0. The largest absolute Gasteiger partial charge is 0.445 e. The van der Waals surface area contributed by atoms with E-state index in [9.17, 15) is 0 Å². The molecule has 0 unspecified atom stereocenters. The minimum absolute atomic E-state index is 1.16. The quantitative estimate of drug-likeness (QED) is 0.659. The van der Waals surface area contributed by atoms with Gasteiger partial charge in [0, 0.05) is 0 Å². The van der Waals surface area contributed by atoms with Crippen LogP contribution in [0.4, 0.5) is 0 Å². The normalized spacial score (nSPS) is 13.8. The Bertz CT molecular complexity index is 154. The summed E-state index contributed by atoms with van der Waals surface area (Å²) in [6.45, 7) is 14.8. The molecule has 0 aromatic carbocycles. The van der Waals surface area contributed by atoms with Crippen molar-refractivity contribution in [3.05, 3.63) is 0 Å². The van der Waals surface area contributed by atoms with E-state index in [1.165, 1.54) is 6.42 Å². The summed E-state index contributed by atoms with van der Waals surface area (Å²) >= 11 is 0. The highest BCUT2D eigenvalue weighted by molar-refractivity contribution is 6.82. The van der Waals surface area contributed by atoms with Crippen molar-refractivity contribution in [1.29, 1.82) is 0 Å². The van der Waals surface area contributed by atoms with E-state index in [-0.39, 0.29) is 0 Å². The third-order valence-electron chi connectivity index (χ3n) is 2.03. The van der Waals surface area contributed by atoms with Crippen LogP contribution in [0, 0.1) is 0 Å². The summed E-state index contributed by atoms with van der Waals surface area (Å²) in [5.41, 5.74) is 0. The smallest absolute Gasteiger partial charge is 0.254 e. The first-order chi connectivity index (χ1) is 5.69. The first-order valence-electron chi connectivity index (χ1n) is 5.10. The lowest BCUT2D eigenvalue weighted by Gasteiger charge is -2.38. The SMILES string of the molecule is CCCN(C)[Si](C)(C)O[Si](C)(C)C. The molecule has 0 aliphatic heterocycles. The van der Waals surface area contributed by atoms with Gasteiger partial charge in [-0.15, -0.1) is 0 Å². The van der Waals surface area contributed by atoms with Crippen LogP contribution < -0.4 is 0 Å². The fourth-order valence-electron chi connectivity index (χ4n) is 1.43. The fraction of sp³-hybridized carbons (Fsp3) is 1.00. The third-order valence-corrected chi connectivity index (χ3v) is 8.54. The lowest BCUT2D eigenvalue weighted by atomic mass is 10.5. The Labute approximate surface area is 85.6 Å². The Morgan fingerprint density at radius 2 is 1.54 bits per heavy atom. The van der Waals surface area contributed by atoms with Crippen LogP contribution in [0.15, 0.2) is 0 Å². The summed E-state index contributed by atoms with van der Waals surface area (Å²) in [5, 5.41) is 0. The zero-order valence-corrected chi connectivity index (χ0v) is 12.3. The molecule has 0 N–H and O–H groups in total. The molecule has 0 bridgehead atoms. The molecule has 0 saturated carbocycles. The summed E-state index contributed by atoms with van der Waals surface area (Å²) in [6.07, 6.45) is 1.21. The van der Waals surface area contributed by atoms with Crippen LogP contribution in [-0.4, -0.2) is 35.0 Å². The second kappa shape index (κ2) is 4.73. The lowest BCUT2D eigenvalue weighted by Crippen LogP contribution is -2.54. The van der Waals surface area contributed by atoms with Gasteiger partial charge in [0.25, 0.3) is 8.48 Å². The Kier molecular flexibility index (Phi) is 4.86. The van der Waals surface area contributed by atoms with Gasteiger partial charge in [-0.05, 0) is 52.7 Å². The van der Waals surface area contributed by atoms with Crippen LogP contribution in [0.1, 0.15) is 13.3 Å². The molecule has 0 aliphatic rings. The molecule has 0 aromatic rings. The van der Waals surface area contributed by atoms with E-state index >= 15 is 0 Å². The summed E-state index contributed by atoms with van der Waals surface area (Å²) < 4.78 is 8.67. The van der Waals surface area contributed by atoms with Gasteiger partial charge in [-0.2, -0.15) is 0 Å². The van der Waals surface area contributed by atoms with E-state index in [2.05, 4.69) is 51.3 Å². The van der Waals surface area contributed by atoms with Crippen molar-refractivity contribution in [2.45, 2.75) is 46.1 Å². The minimum Gasteiger partial charge on any atom is -0.445 e. The second-order valence-corrected chi connectivity index (χ2v) is 13.8. The van der Waals surface area contributed by atoms with Crippen molar-refractivity contribution in [1.82, 2.24) is 4.57 Å². The molecule has 0 heterocycles. The summed E-state index contributed by atoms with van der Waals surface area (Å²) in [5.74, 6) is 0. The summed E-state index contributed by atoms with van der Waals surface area (Å²) in [4.78, 5) is 0. The van der Waals surface area contributed by atoms with Gasteiger partial charge in [0.2, 0.25) is 0 Å². The molecule has 13 heavy (non-hydrogen) atoms. The Hall–Kier alpha value is 0.354. The molecular formula is C9H25NOSi2. The number of hydrogen-bond acceptors (Lipinski definition) is 2. The van der Waals surface area contributed by atoms with Gasteiger partial charge in [-0.1, -0.05) is 6.92 Å². The number of hydrogen-bond donors (Lipinski definition) is 0. The molecule has 0 spiro atoms. The van der Waals surface area contributed by atoms with Gasteiger partial charge in [0.15, 0.2) is 8.32 Å². The van der Waals surface area contributed by atoms with Crippen molar-refractivity contribution < 1.29 is 4.12 Å². The van der Waals surface area contributed by atoms with Crippen LogP contribution in [0.5, 0.6) is 0 Å². The van der Waals surface area contributed by atoms with Crippen LogP contribution in [-0.2, 0) is 4.12 Å². The van der Waals surface area contributed by atoms with Gasteiger partial charge in [-0.3, -0.25) is 0 Å². The molecule has 0 aromatic heterocycles. The van der Waals surface area contributed by atoms with Crippen LogP contribution >= 0.6 is 0 Å². The van der Waals surface area contributed by atoms with E-state index in [4.69, 9.17) is 4.12 Å². The fourth-order valence-corrected chi connectivity index (χ4v) is 8.81. The van der Waals surface area contributed by atoms with Crippen LogP contribution in [0.2, 0.25) is 32.7 Å². The molecule has 0 atom stereocenters. The molecule has 80 valence electrons. The predicted molar refractivity (Wildman–Crippen MR) is 64.8 cm³/mol. The Morgan fingerprint density at radius 1 is 1.08 bits per heavy atom. The minimum atomic E-state index is -1.57. The number of rotatable bonds is 5. The van der Waals surface area contributed by atoms with Crippen molar-refractivity contribution in [2.24, 2.45) is 0 Å². The topological polar surface area (TPSA) is 12.5 Å². The van der Waals surface area contributed by atoms with Gasteiger partial charge >= 0.3 is 0 Å². The van der Waals surface area contributed by atoms with Gasteiger partial charge in [0.05, 0.1) is 0 Å². The predicted octanol–water partition coefficient (Wildman–Crippen LogP) is 2.88. The summed E-state index contributed by atoms with van der Waals surface area (Å²) in [7, 11) is -0.742. The first kappa shape index (κ1) is 13.4. The van der Waals surface area contributed by atoms with E-state index in [1.54, 1.807) is 0 Å². The average molecular weight is 219 g/mol. The highest BCUT2D eigenvalue weighted by atomic mass is 28.4. The zero-order valence-electron chi connectivity index (χ0n) is 10.3. The third kappa shape index (κ3) is 5.62. The van der Waals surface area contributed by atoms with Gasteiger partial charge in [-0.25, -0.2) is 0 Å². The molecule has 0 fully saturated rings. The van der Waals surface area contributed by atoms with Gasteiger partial charge in [0.1, 0.15) is 0 Å². The van der Waals surface area contributed by atoms with Crippen LogP contribution in [0.3, 0.4) is 0 Å². The van der Waals surface area contributed by atoms with E-state index in [0.717, 1.165) is 6.54 Å². The Balaban J connectivity index is 4.21. The van der Waals surface area contributed by atoms with Crippen molar-refractivity contribution >= 4 is 16.8 Å². The first-order valence-corrected chi connectivity index (χ1v) is 11.4. The molecule has 2 nitrogen and oxygen atoms in total. The van der Waals surface area contributed by atoms with Crippen LogP contribution in [0.25, 0.3) is 0 Å². The Morgan fingerprint density at radius 3 is 1.85 bits per heavy atom. The lowest BCUT2D eigenvalue weighted by molar-refractivity contribution is 0.396. The number of nitrogens with zero attached hydrogens (tertiary/aromatic N) is 1. The van der Waals surface area contributed by atoms with Crippen molar-refractivity contribution in [2.75, 3.05) is 13.6 Å². The maximum absolute atomic E-state index is 6.24. The van der Waals surface area contributed by atoms with E-state index in [0.29, 0.717) is 0 Å².